The normalized spacial score (nSPS) is 12.9. The van der Waals surface area contributed by atoms with Crippen LogP contribution in [0.3, 0.4) is 0 Å². The number of hydrogen-bond donors (Lipinski definition) is 2. The van der Waals surface area contributed by atoms with Gasteiger partial charge in [-0.15, -0.1) is 22.7 Å². The van der Waals surface area contributed by atoms with Crippen molar-refractivity contribution in [3.8, 4) is 22.6 Å². The highest BCUT2D eigenvalue weighted by atomic mass is 32.2. The number of sulfone groups is 1. The van der Waals surface area contributed by atoms with Gasteiger partial charge in [0.1, 0.15) is 11.5 Å². The second-order valence-electron chi connectivity index (χ2n) is 10.7. The molecule has 0 atom stereocenters. The van der Waals surface area contributed by atoms with E-state index < -0.39 is 9.84 Å². The molecule has 7 rings (SSSR count). The van der Waals surface area contributed by atoms with E-state index >= 15 is 0 Å². The number of carbonyl (C=O) groups is 2. The van der Waals surface area contributed by atoms with Gasteiger partial charge in [-0.05, 0) is 74.5 Å². The highest BCUT2D eigenvalue weighted by Gasteiger charge is 2.33. The molecule has 0 radical (unpaired) electrons. The van der Waals surface area contributed by atoms with Gasteiger partial charge in [0.25, 0.3) is 0 Å². The van der Waals surface area contributed by atoms with Crippen LogP contribution in [-0.2, 0) is 19.4 Å². The molecule has 10 nitrogen and oxygen atoms in total. The molecular formula is C34H28N4O6S5. The molecule has 2 N–H and O–H groups in total. The number of benzene rings is 4. The highest BCUT2D eigenvalue weighted by Crippen LogP contribution is 2.45. The number of hydrogen-bond acceptors (Lipinski definition) is 12. The Kier molecular flexibility index (Phi) is 9.53. The summed E-state index contributed by atoms with van der Waals surface area (Å²) in [6, 6.07) is 21.1. The lowest BCUT2D eigenvalue weighted by atomic mass is 10.0. The molecule has 15 heteroatoms. The molecule has 0 saturated heterocycles. The van der Waals surface area contributed by atoms with E-state index in [9.17, 15) is 18.0 Å². The molecule has 3 heterocycles. The standard InChI is InChI=1S/C34H28N4O6S5/c1-3-43-21-7-11-25-27(15-21)47-33(37-25)45-17-31(39)35-19-5-9-23-24-10-6-20(14-30(24)49(41,42)29(23)13-19)36-32(40)18-46-34-38-26-12-8-22(44-4-2)16-28(26)48-34/h5-16H,3-4,17-18H2,1-2H3,(H,35,39)(H,36,40). The van der Waals surface area contributed by atoms with Crippen molar-refractivity contribution in [3.05, 3.63) is 72.8 Å². The fourth-order valence-corrected chi connectivity index (χ4v) is 10.8. The summed E-state index contributed by atoms with van der Waals surface area (Å²) in [6.45, 7) is 5.00. The third-order valence-electron chi connectivity index (χ3n) is 7.36. The minimum atomic E-state index is -3.89. The first-order valence-corrected chi connectivity index (χ1v) is 20.2. The first-order valence-electron chi connectivity index (χ1n) is 15.2. The lowest BCUT2D eigenvalue weighted by Gasteiger charge is -2.07. The molecule has 4 aromatic carbocycles. The predicted molar refractivity (Wildman–Crippen MR) is 198 cm³/mol. The van der Waals surface area contributed by atoms with Crippen LogP contribution in [0.5, 0.6) is 11.5 Å². The lowest BCUT2D eigenvalue weighted by Crippen LogP contribution is -2.14. The Morgan fingerprint density at radius 2 is 1.12 bits per heavy atom. The Morgan fingerprint density at radius 3 is 1.55 bits per heavy atom. The molecule has 0 aliphatic carbocycles. The monoisotopic (exact) mass is 748 g/mol. The molecule has 0 fully saturated rings. The summed E-state index contributed by atoms with van der Waals surface area (Å²) >= 11 is 5.59. The van der Waals surface area contributed by atoms with Crippen LogP contribution in [0.25, 0.3) is 31.6 Å². The average Bonchev–Trinajstić information content (AvgIpc) is 3.75. The summed E-state index contributed by atoms with van der Waals surface area (Å²) in [5.74, 6) is 1.20. The van der Waals surface area contributed by atoms with Gasteiger partial charge < -0.3 is 20.1 Å². The number of thiazole rings is 2. The zero-order valence-electron chi connectivity index (χ0n) is 26.1. The van der Waals surface area contributed by atoms with Gasteiger partial charge in [-0.3, -0.25) is 9.59 Å². The van der Waals surface area contributed by atoms with Crippen LogP contribution >= 0.6 is 46.2 Å². The number of amides is 2. The van der Waals surface area contributed by atoms with E-state index in [0.717, 1.165) is 40.6 Å². The number of aromatic nitrogens is 2. The van der Waals surface area contributed by atoms with Crippen molar-refractivity contribution in [1.82, 2.24) is 9.97 Å². The first kappa shape index (κ1) is 33.4. The smallest absolute Gasteiger partial charge is 0.234 e. The summed E-state index contributed by atoms with van der Waals surface area (Å²) in [5.41, 5.74) is 3.51. The third-order valence-corrected chi connectivity index (χ3v) is 13.5. The van der Waals surface area contributed by atoms with Gasteiger partial charge in [-0.2, -0.15) is 0 Å². The molecule has 0 saturated carbocycles. The molecule has 2 aromatic heterocycles. The maximum absolute atomic E-state index is 13.6. The van der Waals surface area contributed by atoms with Crippen molar-refractivity contribution in [2.24, 2.45) is 0 Å². The van der Waals surface area contributed by atoms with Crippen molar-refractivity contribution in [2.75, 3.05) is 35.4 Å². The van der Waals surface area contributed by atoms with E-state index in [0.29, 0.717) is 35.7 Å². The largest absolute Gasteiger partial charge is 0.494 e. The van der Waals surface area contributed by atoms with E-state index in [4.69, 9.17) is 9.47 Å². The summed E-state index contributed by atoms with van der Waals surface area (Å²) in [5, 5.41) is 5.62. The van der Waals surface area contributed by atoms with Crippen LogP contribution in [0.1, 0.15) is 13.8 Å². The predicted octanol–water partition coefficient (Wildman–Crippen LogP) is 7.98. The van der Waals surface area contributed by atoms with E-state index in [1.807, 2.05) is 50.2 Å². The van der Waals surface area contributed by atoms with Gasteiger partial charge >= 0.3 is 0 Å². The summed E-state index contributed by atoms with van der Waals surface area (Å²) in [7, 11) is -3.89. The number of rotatable bonds is 12. The van der Waals surface area contributed by atoms with Crippen LogP contribution in [0.4, 0.5) is 11.4 Å². The number of ether oxygens (including phenoxy) is 2. The van der Waals surface area contributed by atoms with Crippen LogP contribution in [0.15, 0.2) is 91.3 Å². The van der Waals surface area contributed by atoms with Crippen LogP contribution < -0.4 is 20.1 Å². The van der Waals surface area contributed by atoms with Crippen LogP contribution in [0.2, 0.25) is 0 Å². The molecule has 6 aromatic rings. The van der Waals surface area contributed by atoms with Crippen molar-refractivity contribution in [1.29, 1.82) is 0 Å². The fourth-order valence-electron chi connectivity index (χ4n) is 5.26. The first-order chi connectivity index (χ1) is 23.7. The molecule has 250 valence electrons. The number of nitrogens with one attached hydrogen (secondary N) is 2. The average molecular weight is 749 g/mol. The van der Waals surface area contributed by atoms with Gasteiger partial charge in [0.2, 0.25) is 21.7 Å². The number of fused-ring (bicyclic) bond motifs is 5. The zero-order chi connectivity index (χ0) is 34.1. The topological polar surface area (TPSA) is 137 Å². The number of thioether (sulfide) groups is 2. The Bertz CT molecular complexity index is 2200. The molecule has 0 unspecified atom stereocenters. The van der Waals surface area contributed by atoms with Crippen molar-refractivity contribution >= 4 is 99.7 Å². The molecule has 1 aliphatic rings. The van der Waals surface area contributed by atoms with Crippen LogP contribution in [-0.4, -0.2) is 54.9 Å². The molecule has 2 amide bonds. The molecule has 49 heavy (non-hydrogen) atoms. The number of carbonyl (C=O) groups excluding carboxylic acids is 2. The lowest BCUT2D eigenvalue weighted by molar-refractivity contribution is -0.114. The van der Waals surface area contributed by atoms with E-state index in [2.05, 4.69) is 20.6 Å². The van der Waals surface area contributed by atoms with Gasteiger partial charge in [-0.25, -0.2) is 18.4 Å². The molecule has 1 aliphatic heterocycles. The molecule has 0 bridgehead atoms. The Hall–Kier alpha value is -4.15. The van der Waals surface area contributed by atoms with Gasteiger partial charge in [0.05, 0.1) is 54.9 Å². The van der Waals surface area contributed by atoms with Gasteiger partial charge in [0.15, 0.2) is 8.68 Å². The van der Waals surface area contributed by atoms with Crippen molar-refractivity contribution in [3.63, 3.8) is 0 Å². The van der Waals surface area contributed by atoms with E-state index in [-0.39, 0.29) is 33.1 Å². The highest BCUT2D eigenvalue weighted by molar-refractivity contribution is 8.02. The second-order valence-corrected chi connectivity index (χ2v) is 17.1. The zero-order valence-corrected chi connectivity index (χ0v) is 30.2. The molecule has 0 spiro atoms. The van der Waals surface area contributed by atoms with Crippen LogP contribution in [0, 0.1) is 0 Å². The summed E-state index contributed by atoms with van der Waals surface area (Å²) < 4.78 is 41.8. The van der Waals surface area contributed by atoms with Crippen molar-refractivity contribution in [2.45, 2.75) is 32.3 Å². The van der Waals surface area contributed by atoms with Gasteiger partial charge in [0, 0.05) is 22.5 Å². The summed E-state index contributed by atoms with van der Waals surface area (Å²) in [6.07, 6.45) is 0. The Morgan fingerprint density at radius 1 is 0.673 bits per heavy atom. The van der Waals surface area contributed by atoms with Gasteiger partial charge in [-0.1, -0.05) is 35.7 Å². The van der Waals surface area contributed by atoms with Crippen molar-refractivity contribution < 1.29 is 27.5 Å². The Labute approximate surface area is 298 Å². The third kappa shape index (κ3) is 7.12. The quantitative estimate of drug-likeness (QED) is 0.118. The Balaban J connectivity index is 0.974. The SMILES string of the molecule is CCOc1ccc2nc(SCC(=O)Nc3ccc4c(c3)S(=O)(=O)c3cc(NC(=O)CSc5nc6ccc(OCC)cc6s5)ccc3-4)sc2c1. The minimum absolute atomic E-state index is 0.103. The van der Waals surface area contributed by atoms with E-state index in [1.165, 1.54) is 58.3 Å². The number of anilines is 2. The maximum Gasteiger partial charge on any atom is 0.234 e. The number of nitrogens with zero attached hydrogens (tertiary/aromatic N) is 2. The minimum Gasteiger partial charge on any atom is -0.494 e. The maximum atomic E-state index is 13.6. The van der Waals surface area contributed by atoms with E-state index in [1.54, 1.807) is 24.3 Å². The molecular weight excluding hydrogens is 721 g/mol. The fraction of sp³-hybridized carbons (Fsp3) is 0.176. The second kappa shape index (κ2) is 14.0. The summed E-state index contributed by atoms with van der Waals surface area (Å²) in [4.78, 5) is 35.0.